The summed E-state index contributed by atoms with van der Waals surface area (Å²) in [4.78, 5) is 14.4. The molecular weight excluding hydrogens is 276 g/mol. The zero-order valence-electron chi connectivity index (χ0n) is 11.4. The number of fused-ring (bicyclic) bond motifs is 1. The predicted octanol–water partition coefficient (Wildman–Crippen LogP) is 0.981. The number of nitrogens with two attached hydrogens (primary N) is 1. The summed E-state index contributed by atoms with van der Waals surface area (Å²) in [6.45, 7) is 1.98. The first-order chi connectivity index (χ1) is 9.37. The minimum absolute atomic E-state index is 0.0145. The van der Waals surface area contributed by atoms with Crippen molar-refractivity contribution in [3.8, 4) is 0 Å². The summed E-state index contributed by atoms with van der Waals surface area (Å²) in [5.41, 5.74) is 8.40. The molecule has 1 saturated heterocycles. The molecule has 6 heteroatoms. The Balaban J connectivity index is 1.90. The number of anilines is 2. The van der Waals surface area contributed by atoms with Crippen molar-refractivity contribution in [3.63, 3.8) is 0 Å². The van der Waals surface area contributed by atoms with E-state index in [9.17, 15) is 13.2 Å². The summed E-state index contributed by atoms with van der Waals surface area (Å²) >= 11 is 0. The molecule has 20 heavy (non-hydrogen) atoms. The van der Waals surface area contributed by atoms with Crippen LogP contribution in [0.5, 0.6) is 0 Å². The molecule has 1 aromatic rings. The molecule has 2 aliphatic heterocycles. The summed E-state index contributed by atoms with van der Waals surface area (Å²) in [6.07, 6.45) is 1.21. The lowest BCUT2D eigenvalue weighted by Crippen LogP contribution is -2.40. The second kappa shape index (κ2) is 4.48. The van der Waals surface area contributed by atoms with Crippen LogP contribution in [0, 0.1) is 5.92 Å². The van der Waals surface area contributed by atoms with Crippen LogP contribution >= 0.6 is 0 Å². The molecule has 2 N–H and O–H groups in total. The highest BCUT2D eigenvalue weighted by Crippen LogP contribution is 2.35. The van der Waals surface area contributed by atoms with Crippen molar-refractivity contribution in [2.45, 2.75) is 25.8 Å². The maximum absolute atomic E-state index is 12.6. The van der Waals surface area contributed by atoms with E-state index in [0.29, 0.717) is 12.1 Å². The highest BCUT2D eigenvalue weighted by molar-refractivity contribution is 7.91. The van der Waals surface area contributed by atoms with E-state index < -0.39 is 15.8 Å². The van der Waals surface area contributed by atoms with Gasteiger partial charge in [0.15, 0.2) is 9.84 Å². The Labute approximate surface area is 118 Å². The van der Waals surface area contributed by atoms with Crippen LogP contribution in [0.25, 0.3) is 0 Å². The Morgan fingerprint density at radius 2 is 2.15 bits per heavy atom. The van der Waals surface area contributed by atoms with E-state index in [0.717, 1.165) is 17.7 Å². The minimum Gasteiger partial charge on any atom is -0.399 e. The number of carbonyl (C=O) groups is 1. The van der Waals surface area contributed by atoms with Gasteiger partial charge in [-0.2, -0.15) is 0 Å². The fraction of sp³-hybridized carbons (Fsp3) is 0.500. The summed E-state index contributed by atoms with van der Waals surface area (Å²) < 4.78 is 23.1. The third-order valence-corrected chi connectivity index (χ3v) is 5.91. The molecule has 0 aromatic heterocycles. The van der Waals surface area contributed by atoms with Gasteiger partial charge in [0.1, 0.15) is 0 Å². The molecule has 1 aromatic carbocycles. The third-order valence-electron chi connectivity index (χ3n) is 4.14. The van der Waals surface area contributed by atoms with E-state index in [2.05, 4.69) is 0 Å². The monoisotopic (exact) mass is 294 g/mol. The molecular formula is C14H18N2O3S. The topological polar surface area (TPSA) is 80.5 Å². The van der Waals surface area contributed by atoms with E-state index in [1.54, 1.807) is 11.0 Å². The standard InChI is InChI=1S/C14H18N2O3S/c1-9-6-11-7-12(15)2-3-13(11)16(9)14(17)10-4-5-20(18,19)8-10/h2-3,7,9-10H,4-6,8,15H2,1H3. The van der Waals surface area contributed by atoms with Gasteiger partial charge in [0.05, 0.1) is 17.4 Å². The van der Waals surface area contributed by atoms with Crippen LogP contribution in [0.1, 0.15) is 18.9 Å². The number of carbonyl (C=O) groups excluding carboxylic acids is 1. The molecule has 1 fully saturated rings. The number of sulfone groups is 1. The Kier molecular flexibility index (Phi) is 3.01. The van der Waals surface area contributed by atoms with Crippen molar-refractivity contribution < 1.29 is 13.2 Å². The van der Waals surface area contributed by atoms with Gasteiger partial charge >= 0.3 is 0 Å². The average molecular weight is 294 g/mol. The molecule has 0 spiro atoms. The molecule has 108 valence electrons. The average Bonchev–Trinajstić information content (AvgIpc) is 2.87. The van der Waals surface area contributed by atoms with E-state index in [-0.39, 0.29) is 23.5 Å². The number of hydrogen-bond donors (Lipinski definition) is 1. The van der Waals surface area contributed by atoms with E-state index in [4.69, 9.17) is 5.73 Å². The molecule has 2 atom stereocenters. The number of benzene rings is 1. The minimum atomic E-state index is -3.04. The molecule has 2 unspecified atom stereocenters. The Morgan fingerprint density at radius 1 is 1.40 bits per heavy atom. The largest absolute Gasteiger partial charge is 0.399 e. The Bertz CT molecular complexity index is 669. The van der Waals surface area contributed by atoms with Gasteiger partial charge in [-0.15, -0.1) is 0 Å². The molecule has 0 aliphatic carbocycles. The molecule has 1 amide bonds. The number of nitrogens with zero attached hydrogens (tertiary/aromatic N) is 1. The van der Waals surface area contributed by atoms with Crippen molar-refractivity contribution in [2.24, 2.45) is 5.92 Å². The lowest BCUT2D eigenvalue weighted by Gasteiger charge is -2.25. The van der Waals surface area contributed by atoms with Crippen molar-refractivity contribution in [2.75, 3.05) is 22.1 Å². The van der Waals surface area contributed by atoms with Crippen LogP contribution in [0.2, 0.25) is 0 Å². The summed E-state index contributed by atoms with van der Waals surface area (Å²) in [7, 11) is -3.04. The van der Waals surface area contributed by atoms with Crippen molar-refractivity contribution in [1.82, 2.24) is 0 Å². The highest BCUT2D eigenvalue weighted by atomic mass is 32.2. The summed E-state index contributed by atoms with van der Waals surface area (Å²) in [5, 5.41) is 0. The number of nitrogen functional groups attached to an aromatic ring is 1. The molecule has 2 aliphatic rings. The molecule has 0 bridgehead atoms. The van der Waals surface area contributed by atoms with Crippen LogP contribution in [-0.4, -0.2) is 31.9 Å². The van der Waals surface area contributed by atoms with Crippen LogP contribution in [0.15, 0.2) is 18.2 Å². The van der Waals surface area contributed by atoms with E-state index in [1.807, 2.05) is 19.1 Å². The number of hydrogen-bond acceptors (Lipinski definition) is 4. The van der Waals surface area contributed by atoms with Crippen LogP contribution in [0.3, 0.4) is 0 Å². The molecule has 0 saturated carbocycles. The quantitative estimate of drug-likeness (QED) is 0.783. The second-order valence-corrected chi connectivity index (χ2v) is 7.98. The Hall–Kier alpha value is -1.56. The smallest absolute Gasteiger partial charge is 0.231 e. The lowest BCUT2D eigenvalue weighted by atomic mass is 10.1. The number of amides is 1. The van der Waals surface area contributed by atoms with Crippen molar-refractivity contribution >= 4 is 27.1 Å². The maximum atomic E-state index is 12.6. The van der Waals surface area contributed by atoms with E-state index in [1.165, 1.54) is 0 Å². The van der Waals surface area contributed by atoms with Crippen LogP contribution < -0.4 is 10.6 Å². The van der Waals surface area contributed by atoms with Crippen LogP contribution in [-0.2, 0) is 21.1 Å². The fourth-order valence-corrected chi connectivity index (χ4v) is 4.91. The maximum Gasteiger partial charge on any atom is 0.231 e. The first kappa shape index (κ1) is 13.4. The first-order valence-corrected chi connectivity index (χ1v) is 8.61. The van der Waals surface area contributed by atoms with Gasteiger partial charge in [-0.05, 0) is 43.5 Å². The van der Waals surface area contributed by atoms with Gasteiger partial charge in [-0.1, -0.05) is 0 Å². The van der Waals surface area contributed by atoms with Gasteiger partial charge in [0.2, 0.25) is 5.91 Å². The molecule has 0 radical (unpaired) electrons. The highest BCUT2D eigenvalue weighted by Gasteiger charge is 2.39. The van der Waals surface area contributed by atoms with Gasteiger partial charge in [0, 0.05) is 17.4 Å². The zero-order chi connectivity index (χ0) is 14.5. The molecule has 3 rings (SSSR count). The number of rotatable bonds is 1. The lowest BCUT2D eigenvalue weighted by molar-refractivity contribution is -0.121. The van der Waals surface area contributed by atoms with Gasteiger partial charge < -0.3 is 10.6 Å². The normalized spacial score (nSPS) is 27.6. The zero-order valence-corrected chi connectivity index (χ0v) is 12.2. The SMILES string of the molecule is CC1Cc2cc(N)ccc2N1C(=O)C1CCS(=O)(=O)C1. The van der Waals surface area contributed by atoms with E-state index >= 15 is 0 Å². The van der Waals surface area contributed by atoms with Gasteiger partial charge in [-0.25, -0.2) is 8.42 Å². The molecule has 5 nitrogen and oxygen atoms in total. The predicted molar refractivity (Wildman–Crippen MR) is 78.3 cm³/mol. The first-order valence-electron chi connectivity index (χ1n) is 6.79. The Morgan fingerprint density at radius 3 is 2.80 bits per heavy atom. The van der Waals surface area contributed by atoms with Crippen molar-refractivity contribution in [3.05, 3.63) is 23.8 Å². The van der Waals surface area contributed by atoms with Crippen molar-refractivity contribution in [1.29, 1.82) is 0 Å². The van der Waals surface area contributed by atoms with Gasteiger partial charge in [-0.3, -0.25) is 4.79 Å². The summed E-state index contributed by atoms with van der Waals surface area (Å²) in [5.74, 6) is -0.354. The third kappa shape index (κ3) is 2.18. The van der Waals surface area contributed by atoms with Gasteiger partial charge in [0.25, 0.3) is 0 Å². The molecule has 2 heterocycles. The van der Waals surface area contributed by atoms with Crippen LogP contribution in [0.4, 0.5) is 11.4 Å². The summed E-state index contributed by atoms with van der Waals surface area (Å²) in [6, 6.07) is 5.59. The fourth-order valence-electron chi connectivity index (χ4n) is 3.17. The second-order valence-electron chi connectivity index (χ2n) is 5.75.